The lowest BCUT2D eigenvalue weighted by Gasteiger charge is -2.33. The van der Waals surface area contributed by atoms with E-state index < -0.39 is 46.8 Å². The van der Waals surface area contributed by atoms with E-state index >= 15 is 0 Å². The van der Waals surface area contributed by atoms with Gasteiger partial charge in [-0.15, -0.1) is 0 Å². The number of alkyl carbamates (subject to hydrolysis) is 4. The number of anilines is 3. The van der Waals surface area contributed by atoms with E-state index in [-0.39, 0.29) is 80.7 Å². The summed E-state index contributed by atoms with van der Waals surface area (Å²) >= 11 is 12.1. The van der Waals surface area contributed by atoms with E-state index in [1.165, 1.54) is 0 Å². The molecule has 0 atom stereocenters. The lowest BCUT2D eigenvalue weighted by atomic mass is 9.93. The molecule has 0 bridgehead atoms. The first-order valence-corrected chi connectivity index (χ1v) is 21.8. The molecule has 23 heteroatoms. The highest BCUT2D eigenvalue weighted by Gasteiger charge is 2.27. The van der Waals surface area contributed by atoms with Gasteiger partial charge in [0.15, 0.2) is 0 Å². The highest BCUT2D eigenvalue weighted by molar-refractivity contribution is 6.31. The number of hydrogen-bond acceptors (Lipinski definition) is 17. The highest BCUT2D eigenvalue weighted by Crippen LogP contribution is 2.26. The Kier molecular flexibility index (Phi) is 19.3. The fourth-order valence-corrected chi connectivity index (χ4v) is 6.27. The van der Waals surface area contributed by atoms with Gasteiger partial charge in [0.05, 0.1) is 0 Å². The number of carbonyl (C=O) groups is 4. The van der Waals surface area contributed by atoms with Gasteiger partial charge in [-0.2, -0.15) is 19.9 Å². The zero-order chi connectivity index (χ0) is 47.2. The predicted octanol–water partition coefficient (Wildman–Crippen LogP) is 5.53. The zero-order valence-corrected chi connectivity index (χ0v) is 40.3. The second-order valence-electron chi connectivity index (χ2n) is 18.8. The SMILES string of the molecule is CC(C)(C)OC(=O)NCCN(CCNC(=O)OC(C)(C)C)c1nc(N(CCNC(=O)OC(C)(C)C)CCNC(=O)OC(C)(C)C)nc(N2CCC(Cc3nc(Cl)nc(Cl)n3)CC2)n1. The fourth-order valence-electron chi connectivity index (χ4n) is 5.87. The number of hydrogen-bond donors (Lipinski definition) is 4. The molecule has 4 amide bonds. The van der Waals surface area contributed by atoms with Gasteiger partial charge in [0.2, 0.25) is 28.4 Å². The van der Waals surface area contributed by atoms with E-state index in [1.54, 1.807) is 92.9 Å². The van der Waals surface area contributed by atoms with Crippen molar-refractivity contribution in [3.63, 3.8) is 0 Å². The number of aromatic nitrogens is 6. The summed E-state index contributed by atoms with van der Waals surface area (Å²) in [6.07, 6.45) is -0.368. The van der Waals surface area contributed by atoms with Crippen LogP contribution in [0.4, 0.5) is 37.0 Å². The molecule has 1 fully saturated rings. The Morgan fingerprint density at radius 3 is 1.16 bits per heavy atom. The summed E-state index contributed by atoms with van der Waals surface area (Å²) in [5.41, 5.74) is -2.84. The van der Waals surface area contributed by atoms with Gasteiger partial charge in [-0.25, -0.2) is 29.1 Å². The van der Waals surface area contributed by atoms with Crippen LogP contribution in [0.1, 0.15) is 102 Å². The van der Waals surface area contributed by atoms with Crippen LogP contribution in [0.15, 0.2) is 0 Å². The molecule has 0 aromatic carbocycles. The molecule has 0 unspecified atom stereocenters. The van der Waals surface area contributed by atoms with E-state index in [0.29, 0.717) is 31.3 Å². The average Bonchev–Trinajstić information content (AvgIpc) is 3.10. The minimum absolute atomic E-state index is 0.0342. The van der Waals surface area contributed by atoms with Gasteiger partial charge in [0, 0.05) is 71.9 Å². The van der Waals surface area contributed by atoms with Crippen molar-refractivity contribution in [2.24, 2.45) is 5.92 Å². The maximum absolute atomic E-state index is 12.7. The average molecular weight is 929 g/mol. The Morgan fingerprint density at radius 1 is 0.540 bits per heavy atom. The molecule has 3 rings (SSSR count). The van der Waals surface area contributed by atoms with Gasteiger partial charge < -0.3 is 54.9 Å². The largest absolute Gasteiger partial charge is 0.444 e. The van der Waals surface area contributed by atoms with E-state index in [9.17, 15) is 19.2 Å². The van der Waals surface area contributed by atoms with Crippen LogP contribution in [0.5, 0.6) is 0 Å². The second kappa shape index (κ2) is 23.1. The van der Waals surface area contributed by atoms with Crippen molar-refractivity contribution in [2.45, 2.75) is 125 Å². The Hall–Kier alpha value is -4.92. The Morgan fingerprint density at radius 2 is 0.857 bits per heavy atom. The van der Waals surface area contributed by atoms with Gasteiger partial charge in [-0.1, -0.05) is 0 Å². The van der Waals surface area contributed by atoms with Crippen LogP contribution in [0.3, 0.4) is 0 Å². The summed E-state index contributed by atoms with van der Waals surface area (Å²) in [6.45, 7) is 23.8. The molecule has 0 aliphatic carbocycles. The van der Waals surface area contributed by atoms with Crippen molar-refractivity contribution in [1.29, 1.82) is 0 Å². The smallest absolute Gasteiger partial charge is 0.407 e. The third-order valence-corrected chi connectivity index (χ3v) is 8.70. The molecule has 354 valence electrons. The number of nitrogens with one attached hydrogen (secondary N) is 4. The van der Waals surface area contributed by atoms with Crippen LogP contribution in [-0.2, 0) is 25.4 Å². The Labute approximate surface area is 380 Å². The van der Waals surface area contributed by atoms with Crippen molar-refractivity contribution >= 4 is 65.4 Å². The van der Waals surface area contributed by atoms with Gasteiger partial charge in [-0.05, 0) is 125 Å². The highest BCUT2D eigenvalue weighted by atomic mass is 35.5. The predicted molar refractivity (Wildman–Crippen MR) is 240 cm³/mol. The number of amides is 4. The summed E-state index contributed by atoms with van der Waals surface area (Å²) in [7, 11) is 0. The van der Waals surface area contributed by atoms with Gasteiger partial charge in [-0.3, -0.25) is 0 Å². The lowest BCUT2D eigenvalue weighted by molar-refractivity contribution is 0.0515. The second-order valence-corrected chi connectivity index (χ2v) is 19.5. The lowest BCUT2D eigenvalue weighted by Crippen LogP contribution is -2.44. The molecule has 2 aromatic rings. The third-order valence-electron chi connectivity index (χ3n) is 8.36. The molecular formula is C40H67Cl2N13O8. The molecule has 1 saturated heterocycles. The molecule has 3 heterocycles. The van der Waals surface area contributed by atoms with Crippen LogP contribution in [0, 0.1) is 5.92 Å². The molecule has 0 radical (unpaired) electrons. The number of halogens is 2. The van der Waals surface area contributed by atoms with Crippen molar-refractivity contribution in [1.82, 2.24) is 51.2 Å². The Bertz CT molecular complexity index is 1650. The first-order valence-electron chi connectivity index (χ1n) is 21.1. The number of piperidine rings is 1. The molecular weight excluding hydrogens is 861 g/mol. The minimum atomic E-state index is -0.710. The van der Waals surface area contributed by atoms with Gasteiger partial charge in [0.25, 0.3) is 0 Å². The number of rotatable bonds is 17. The van der Waals surface area contributed by atoms with Crippen molar-refractivity contribution in [3.8, 4) is 0 Å². The van der Waals surface area contributed by atoms with E-state index in [4.69, 9.17) is 57.1 Å². The van der Waals surface area contributed by atoms with E-state index in [0.717, 1.165) is 12.8 Å². The molecule has 4 N–H and O–H groups in total. The maximum atomic E-state index is 12.7. The first-order chi connectivity index (χ1) is 29.1. The van der Waals surface area contributed by atoms with E-state index in [1.807, 2.05) is 4.90 Å². The molecule has 1 aliphatic rings. The molecule has 21 nitrogen and oxygen atoms in total. The van der Waals surface area contributed by atoms with Crippen LogP contribution >= 0.6 is 23.2 Å². The standard InChI is InChI=1S/C40H67Cl2N13O8/c1-37(2,3)60-33(56)43-15-21-54(22-16-44-34(57)61-38(4,5)6)31-50-30(53-19-13-26(14-20-53)25-27-47-28(41)49-29(42)48-27)51-32(52-31)55(23-17-45-35(58)62-39(7,8)9)24-18-46-36(59)63-40(10,11)12/h26H,13-25H2,1-12H3,(H,43,56)(H,44,57)(H,45,58)(H,46,59). The Balaban J connectivity index is 2.02. The first kappa shape index (κ1) is 52.4. The molecule has 0 spiro atoms. The fraction of sp³-hybridized carbons (Fsp3) is 0.750. The van der Waals surface area contributed by atoms with E-state index in [2.05, 4.69) is 36.2 Å². The molecule has 63 heavy (non-hydrogen) atoms. The van der Waals surface area contributed by atoms with Crippen molar-refractivity contribution in [3.05, 3.63) is 16.4 Å². The van der Waals surface area contributed by atoms with Crippen molar-refractivity contribution < 1.29 is 38.1 Å². The molecule has 0 saturated carbocycles. The van der Waals surface area contributed by atoms with Gasteiger partial charge >= 0.3 is 24.4 Å². The summed E-state index contributed by atoms with van der Waals surface area (Å²) in [6, 6.07) is 0. The summed E-state index contributed by atoms with van der Waals surface area (Å²) < 4.78 is 21.8. The van der Waals surface area contributed by atoms with Crippen LogP contribution in [0.2, 0.25) is 10.6 Å². The topological polar surface area (TPSA) is 240 Å². The van der Waals surface area contributed by atoms with Crippen LogP contribution in [-0.4, -0.2) is 142 Å². The molecule has 2 aromatic heterocycles. The monoisotopic (exact) mass is 927 g/mol. The quantitative estimate of drug-likeness (QED) is 0.143. The zero-order valence-electron chi connectivity index (χ0n) is 38.8. The normalized spacial score (nSPS) is 13.7. The maximum Gasteiger partial charge on any atom is 0.407 e. The van der Waals surface area contributed by atoms with Gasteiger partial charge in [0.1, 0.15) is 28.2 Å². The van der Waals surface area contributed by atoms with Crippen molar-refractivity contribution in [2.75, 3.05) is 80.1 Å². The summed E-state index contributed by atoms with van der Waals surface area (Å²) in [5, 5.41) is 11.2. The summed E-state index contributed by atoms with van der Waals surface area (Å²) in [5.74, 6) is 1.58. The number of ether oxygens (including phenoxy) is 4. The van der Waals surface area contributed by atoms with Crippen LogP contribution in [0.25, 0.3) is 0 Å². The minimum Gasteiger partial charge on any atom is -0.444 e. The number of carbonyl (C=O) groups excluding carboxylic acids is 4. The van der Waals surface area contributed by atoms with Crippen LogP contribution < -0.4 is 36.0 Å². The molecule has 1 aliphatic heterocycles. The number of nitrogens with zero attached hydrogens (tertiary/aromatic N) is 9. The summed E-state index contributed by atoms with van der Waals surface area (Å²) in [4.78, 5) is 83.5. The third kappa shape index (κ3) is 21.8.